The van der Waals surface area contributed by atoms with Crippen molar-refractivity contribution in [2.24, 2.45) is 5.92 Å². The van der Waals surface area contributed by atoms with Gasteiger partial charge in [-0.3, -0.25) is 0 Å². The molecule has 1 N–H and O–H groups in total. The normalized spacial score (nSPS) is 16.3. The van der Waals surface area contributed by atoms with Crippen LogP contribution in [0.3, 0.4) is 0 Å². The maximum absolute atomic E-state index is 10.5. The van der Waals surface area contributed by atoms with Crippen molar-refractivity contribution in [1.29, 1.82) is 0 Å². The summed E-state index contributed by atoms with van der Waals surface area (Å²) in [6, 6.07) is 0. The third-order valence-electron chi connectivity index (χ3n) is 1.92. The monoisotopic (exact) mass is 183 g/mol. The van der Waals surface area contributed by atoms with Crippen molar-refractivity contribution in [1.82, 2.24) is 4.98 Å². The molecule has 0 unspecified atom stereocenters. The number of hydrogen-bond acceptors (Lipinski definition) is 3. The average molecular weight is 183 g/mol. The fourth-order valence-electron chi connectivity index (χ4n) is 1.07. The van der Waals surface area contributed by atoms with Crippen LogP contribution in [0.15, 0.2) is 6.20 Å². The van der Waals surface area contributed by atoms with E-state index >= 15 is 0 Å². The Balaban J connectivity index is 2.06. The van der Waals surface area contributed by atoms with Crippen molar-refractivity contribution in [2.75, 3.05) is 0 Å². The van der Waals surface area contributed by atoms with E-state index in [4.69, 9.17) is 5.11 Å². The van der Waals surface area contributed by atoms with Gasteiger partial charge in [-0.25, -0.2) is 9.78 Å². The summed E-state index contributed by atoms with van der Waals surface area (Å²) >= 11 is 1.30. The minimum atomic E-state index is -0.866. The van der Waals surface area contributed by atoms with E-state index in [2.05, 4.69) is 4.98 Å². The summed E-state index contributed by atoms with van der Waals surface area (Å²) in [6.45, 7) is 0. The Hall–Kier alpha value is -0.900. The maximum atomic E-state index is 10.5. The molecule has 1 aliphatic rings. The Morgan fingerprint density at radius 3 is 3.00 bits per heavy atom. The fourth-order valence-corrected chi connectivity index (χ4v) is 1.94. The van der Waals surface area contributed by atoms with E-state index in [-0.39, 0.29) is 0 Å². The van der Waals surface area contributed by atoms with Gasteiger partial charge >= 0.3 is 5.97 Å². The quantitative estimate of drug-likeness (QED) is 0.777. The number of carbonyl (C=O) groups is 1. The van der Waals surface area contributed by atoms with Crippen molar-refractivity contribution >= 4 is 17.3 Å². The molecular formula is C8H9NO2S. The lowest BCUT2D eigenvalue weighted by Crippen LogP contribution is -1.89. The highest BCUT2D eigenvalue weighted by Gasteiger charge is 2.23. The molecule has 0 amide bonds. The average Bonchev–Trinajstić information content (AvgIpc) is 2.66. The maximum Gasteiger partial charge on any atom is 0.347 e. The first kappa shape index (κ1) is 7.73. The molecule has 1 fully saturated rings. The van der Waals surface area contributed by atoms with Crippen LogP contribution in [0.2, 0.25) is 0 Å². The predicted octanol–water partition coefficient (Wildman–Crippen LogP) is 1.79. The van der Waals surface area contributed by atoms with Gasteiger partial charge in [0.25, 0.3) is 0 Å². The van der Waals surface area contributed by atoms with Crippen LogP contribution < -0.4 is 0 Å². The SMILES string of the molecule is O=C(O)c1cnc(CC2CC2)s1. The molecular weight excluding hydrogens is 174 g/mol. The summed E-state index contributed by atoms with van der Waals surface area (Å²) in [4.78, 5) is 14.9. The number of carboxylic acid groups (broad SMARTS) is 1. The van der Waals surface area contributed by atoms with Gasteiger partial charge in [0.1, 0.15) is 4.88 Å². The molecule has 1 heterocycles. The summed E-state index contributed by atoms with van der Waals surface area (Å²) in [6.07, 6.45) is 4.98. The van der Waals surface area contributed by atoms with E-state index in [0.29, 0.717) is 4.88 Å². The Kier molecular flexibility index (Phi) is 1.84. The molecule has 4 heteroatoms. The minimum absolute atomic E-state index is 0.352. The van der Waals surface area contributed by atoms with Crippen molar-refractivity contribution in [3.05, 3.63) is 16.1 Å². The molecule has 0 bridgehead atoms. The largest absolute Gasteiger partial charge is 0.477 e. The smallest absolute Gasteiger partial charge is 0.347 e. The van der Waals surface area contributed by atoms with Gasteiger partial charge in [0.05, 0.1) is 11.2 Å². The van der Waals surface area contributed by atoms with E-state index in [1.54, 1.807) is 0 Å². The number of carboxylic acids is 1. The fraction of sp³-hybridized carbons (Fsp3) is 0.500. The van der Waals surface area contributed by atoms with Crippen LogP contribution in [0.4, 0.5) is 0 Å². The summed E-state index contributed by atoms with van der Waals surface area (Å²) in [7, 11) is 0. The zero-order valence-electron chi connectivity index (χ0n) is 6.49. The molecule has 0 radical (unpaired) electrons. The molecule has 0 aliphatic heterocycles. The number of aromatic carboxylic acids is 1. The molecule has 2 rings (SSSR count). The van der Waals surface area contributed by atoms with Gasteiger partial charge in [-0.15, -0.1) is 11.3 Å². The lowest BCUT2D eigenvalue weighted by atomic mass is 10.3. The van der Waals surface area contributed by atoms with E-state index in [1.165, 1.54) is 30.4 Å². The topological polar surface area (TPSA) is 50.2 Å². The lowest BCUT2D eigenvalue weighted by molar-refractivity contribution is 0.0702. The van der Waals surface area contributed by atoms with Crippen molar-refractivity contribution in [3.63, 3.8) is 0 Å². The predicted molar refractivity (Wildman–Crippen MR) is 45.5 cm³/mol. The standard InChI is InChI=1S/C8H9NO2S/c10-8(11)6-4-9-7(12-6)3-5-1-2-5/h4-5H,1-3H2,(H,10,11). The first-order valence-electron chi connectivity index (χ1n) is 3.93. The van der Waals surface area contributed by atoms with Gasteiger partial charge in [0, 0.05) is 6.42 Å². The second kappa shape index (κ2) is 2.86. The number of aromatic nitrogens is 1. The second-order valence-corrected chi connectivity index (χ2v) is 4.19. The molecule has 1 aromatic heterocycles. The van der Waals surface area contributed by atoms with E-state index in [0.717, 1.165) is 17.3 Å². The van der Waals surface area contributed by atoms with Crippen LogP contribution in [-0.2, 0) is 6.42 Å². The van der Waals surface area contributed by atoms with Gasteiger partial charge in [-0.05, 0) is 18.8 Å². The molecule has 64 valence electrons. The lowest BCUT2D eigenvalue weighted by Gasteiger charge is -1.88. The number of rotatable bonds is 3. The Morgan fingerprint density at radius 2 is 2.50 bits per heavy atom. The highest BCUT2D eigenvalue weighted by molar-refractivity contribution is 7.13. The number of nitrogens with zero attached hydrogens (tertiary/aromatic N) is 1. The molecule has 12 heavy (non-hydrogen) atoms. The Bertz CT molecular complexity index is 304. The van der Waals surface area contributed by atoms with Crippen LogP contribution in [0.5, 0.6) is 0 Å². The summed E-state index contributed by atoms with van der Waals surface area (Å²) in [5.74, 6) is -0.0904. The Morgan fingerprint density at radius 1 is 1.75 bits per heavy atom. The van der Waals surface area contributed by atoms with Gasteiger partial charge in [-0.1, -0.05) is 0 Å². The van der Waals surface area contributed by atoms with Crippen LogP contribution in [0, 0.1) is 5.92 Å². The number of thiazole rings is 1. The zero-order valence-corrected chi connectivity index (χ0v) is 7.30. The molecule has 0 aromatic carbocycles. The van der Waals surface area contributed by atoms with Crippen molar-refractivity contribution < 1.29 is 9.90 Å². The molecule has 0 atom stereocenters. The molecule has 1 aromatic rings. The molecule has 0 saturated heterocycles. The van der Waals surface area contributed by atoms with Gasteiger partial charge in [0.15, 0.2) is 0 Å². The molecule has 0 spiro atoms. The highest BCUT2D eigenvalue weighted by atomic mass is 32.1. The second-order valence-electron chi connectivity index (χ2n) is 3.07. The van der Waals surface area contributed by atoms with Gasteiger partial charge in [0.2, 0.25) is 0 Å². The molecule has 1 saturated carbocycles. The van der Waals surface area contributed by atoms with Gasteiger partial charge in [-0.2, -0.15) is 0 Å². The van der Waals surface area contributed by atoms with E-state index in [1.807, 2.05) is 0 Å². The van der Waals surface area contributed by atoms with Crippen LogP contribution in [-0.4, -0.2) is 16.1 Å². The summed E-state index contributed by atoms with van der Waals surface area (Å²) in [5, 5.41) is 9.59. The van der Waals surface area contributed by atoms with Crippen LogP contribution in [0.25, 0.3) is 0 Å². The molecule has 3 nitrogen and oxygen atoms in total. The zero-order chi connectivity index (χ0) is 8.55. The van der Waals surface area contributed by atoms with Gasteiger partial charge < -0.3 is 5.11 Å². The van der Waals surface area contributed by atoms with Crippen molar-refractivity contribution in [2.45, 2.75) is 19.3 Å². The van der Waals surface area contributed by atoms with E-state index < -0.39 is 5.97 Å². The van der Waals surface area contributed by atoms with Crippen molar-refractivity contribution in [3.8, 4) is 0 Å². The summed E-state index contributed by atoms with van der Waals surface area (Å²) in [5.41, 5.74) is 0. The van der Waals surface area contributed by atoms with Crippen LogP contribution in [0.1, 0.15) is 27.5 Å². The number of hydrogen-bond donors (Lipinski definition) is 1. The first-order valence-corrected chi connectivity index (χ1v) is 4.75. The summed E-state index contributed by atoms with van der Waals surface area (Å²) < 4.78 is 0. The Labute approximate surface area is 74.1 Å². The third kappa shape index (κ3) is 1.64. The van der Waals surface area contributed by atoms with Crippen LogP contribution >= 0.6 is 11.3 Å². The molecule has 1 aliphatic carbocycles. The van der Waals surface area contributed by atoms with E-state index in [9.17, 15) is 4.79 Å². The highest BCUT2D eigenvalue weighted by Crippen LogP contribution is 2.33. The minimum Gasteiger partial charge on any atom is -0.477 e. The third-order valence-corrected chi connectivity index (χ3v) is 2.93. The first-order chi connectivity index (χ1) is 5.75.